The van der Waals surface area contributed by atoms with E-state index in [2.05, 4.69) is 0 Å². The van der Waals surface area contributed by atoms with Crippen molar-refractivity contribution in [2.75, 3.05) is 5.73 Å². The number of benzene rings is 1. The Morgan fingerprint density at radius 1 is 1.36 bits per heavy atom. The molecule has 0 atom stereocenters. The third-order valence-electron chi connectivity index (χ3n) is 2.53. The maximum atomic E-state index is 11.8. The van der Waals surface area contributed by atoms with Crippen LogP contribution in [0.25, 0.3) is 0 Å². The van der Waals surface area contributed by atoms with Crippen LogP contribution in [0.3, 0.4) is 0 Å². The van der Waals surface area contributed by atoms with Gasteiger partial charge in [-0.1, -0.05) is 0 Å². The van der Waals surface area contributed by atoms with Crippen molar-refractivity contribution in [3.05, 3.63) is 23.8 Å². The van der Waals surface area contributed by atoms with E-state index >= 15 is 0 Å². The molecule has 0 radical (unpaired) electrons. The number of nitrogen functional groups attached to an aromatic ring is 1. The standard InChI is InChI=1S/C10H13NO2S/c1-7-6-9(4-5-10(7)11)14(12,13)8-2-3-8/h4-6,8H,2-3,11H2,1H3. The van der Waals surface area contributed by atoms with Crippen LogP contribution >= 0.6 is 0 Å². The molecule has 3 nitrogen and oxygen atoms in total. The summed E-state index contributed by atoms with van der Waals surface area (Å²) >= 11 is 0. The summed E-state index contributed by atoms with van der Waals surface area (Å²) in [6, 6.07) is 4.91. The van der Waals surface area contributed by atoms with E-state index in [4.69, 9.17) is 5.73 Å². The fraction of sp³-hybridized carbons (Fsp3) is 0.400. The lowest BCUT2D eigenvalue weighted by atomic mass is 10.2. The smallest absolute Gasteiger partial charge is 0.181 e. The van der Waals surface area contributed by atoms with Gasteiger partial charge in [-0.15, -0.1) is 0 Å². The Bertz CT molecular complexity index is 461. The molecule has 1 aliphatic rings. The summed E-state index contributed by atoms with van der Waals surface area (Å²) in [5.74, 6) is 0. The van der Waals surface area contributed by atoms with Gasteiger partial charge in [0.1, 0.15) is 0 Å². The summed E-state index contributed by atoms with van der Waals surface area (Å²) < 4.78 is 23.6. The van der Waals surface area contributed by atoms with Gasteiger partial charge < -0.3 is 5.73 Å². The van der Waals surface area contributed by atoms with Gasteiger partial charge in [-0.3, -0.25) is 0 Å². The van der Waals surface area contributed by atoms with Crippen LogP contribution in [0.2, 0.25) is 0 Å². The first-order chi connectivity index (χ1) is 6.51. The average Bonchev–Trinajstić information content (AvgIpc) is 2.92. The molecular formula is C10H13NO2S. The zero-order chi connectivity index (χ0) is 10.3. The van der Waals surface area contributed by atoms with E-state index in [-0.39, 0.29) is 5.25 Å². The first-order valence-corrected chi connectivity index (χ1v) is 6.16. The third-order valence-corrected chi connectivity index (χ3v) is 4.79. The molecule has 14 heavy (non-hydrogen) atoms. The van der Waals surface area contributed by atoms with Crippen molar-refractivity contribution >= 4 is 15.5 Å². The fourth-order valence-corrected chi connectivity index (χ4v) is 3.14. The highest BCUT2D eigenvalue weighted by atomic mass is 32.2. The summed E-state index contributed by atoms with van der Waals surface area (Å²) in [5.41, 5.74) is 7.09. The van der Waals surface area contributed by atoms with Crippen LogP contribution in [0.1, 0.15) is 18.4 Å². The molecule has 0 aromatic heterocycles. The minimum Gasteiger partial charge on any atom is -0.399 e. The maximum absolute atomic E-state index is 11.8. The number of aryl methyl sites for hydroxylation is 1. The van der Waals surface area contributed by atoms with Crippen LogP contribution in [0.5, 0.6) is 0 Å². The molecule has 1 saturated carbocycles. The molecule has 2 N–H and O–H groups in total. The summed E-state index contributed by atoms with van der Waals surface area (Å²) in [7, 11) is -3.06. The van der Waals surface area contributed by atoms with Crippen LogP contribution in [0, 0.1) is 6.92 Å². The fourth-order valence-electron chi connectivity index (χ4n) is 1.40. The Morgan fingerprint density at radius 2 is 2.00 bits per heavy atom. The first kappa shape index (κ1) is 9.52. The number of nitrogens with two attached hydrogens (primary N) is 1. The Kier molecular flexibility index (Phi) is 2.03. The monoisotopic (exact) mass is 211 g/mol. The van der Waals surface area contributed by atoms with Crippen molar-refractivity contribution in [3.63, 3.8) is 0 Å². The van der Waals surface area contributed by atoms with Crippen LogP contribution in [0.4, 0.5) is 5.69 Å². The highest BCUT2D eigenvalue weighted by molar-refractivity contribution is 7.92. The molecule has 0 aliphatic heterocycles. The number of sulfone groups is 1. The van der Waals surface area contributed by atoms with E-state index in [1.54, 1.807) is 18.2 Å². The second-order valence-corrected chi connectivity index (χ2v) is 5.99. The minimum absolute atomic E-state index is 0.148. The van der Waals surface area contributed by atoms with Gasteiger partial charge in [-0.25, -0.2) is 8.42 Å². The van der Waals surface area contributed by atoms with E-state index in [1.165, 1.54) is 0 Å². The molecule has 1 aromatic carbocycles. The molecule has 0 unspecified atom stereocenters. The van der Waals surface area contributed by atoms with E-state index < -0.39 is 9.84 Å². The predicted octanol–water partition coefficient (Wildman–Crippen LogP) is 1.51. The SMILES string of the molecule is Cc1cc(S(=O)(=O)C2CC2)ccc1N. The van der Waals surface area contributed by atoms with Gasteiger partial charge in [-0.2, -0.15) is 0 Å². The van der Waals surface area contributed by atoms with Crippen LogP contribution in [0.15, 0.2) is 23.1 Å². The van der Waals surface area contributed by atoms with Crippen LogP contribution < -0.4 is 5.73 Å². The van der Waals surface area contributed by atoms with Crippen LogP contribution in [-0.2, 0) is 9.84 Å². The molecule has 76 valence electrons. The molecule has 0 amide bonds. The van der Waals surface area contributed by atoms with E-state index in [1.807, 2.05) is 6.92 Å². The van der Waals surface area contributed by atoms with Crippen molar-refractivity contribution in [3.8, 4) is 0 Å². The number of rotatable bonds is 2. The Morgan fingerprint density at radius 3 is 2.50 bits per heavy atom. The van der Waals surface area contributed by atoms with Crippen molar-refractivity contribution in [1.82, 2.24) is 0 Å². The number of hydrogen-bond donors (Lipinski definition) is 1. The topological polar surface area (TPSA) is 60.2 Å². The molecule has 1 aromatic rings. The summed E-state index contributed by atoms with van der Waals surface area (Å²) in [6.07, 6.45) is 1.59. The average molecular weight is 211 g/mol. The van der Waals surface area contributed by atoms with Gasteiger partial charge in [0.2, 0.25) is 0 Å². The Hall–Kier alpha value is -1.03. The molecule has 0 saturated heterocycles. The van der Waals surface area contributed by atoms with Gasteiger partial charge in [0.25, 0.3) is 0 Å². The molecule has 0 heterocycles. The highest BCUT2D eigenvalue weighted by Gasteiger charge is 2.36. The zero-order valence-corrected chi connectivity index (χ0v) is 8.84. The van der Waals surface area contributed by atoms with Gasteiger partial charge in [-0.05, 0) is 43.5 Å². The van der Waals surface area contributed by atoms with Crippen LogP contribution in [-0.4, -0.2) is 13.7 Å². The molecule has 0 spiro atoms. The Balaban J connectivity index is 2.46. The quantitative estimate of drug-likeness (QED) is 0.754. The third kappa shape index (κ3) is 1.50. The lowest BCUT2D eigenvalue weighted by Crippen LogP contribution is -2.07. The Labute approximate surface area is 83.9 Å². The predicted molar refractivity (Wildman–Crippen MR) is 55.8 cm³/mol. The summed E-state index contributed by atoms with van der Waals surface area (Å²) in [5, 5.41) is -0.148. The van der Waals surface area contributed by atoms with Crippen molar-refractivity contribution in [1.29, 1.82) is 0 Å². The summed E-state index contributed by atoms with van der Waals surface area (Å²) in [4.78, 5) is 0.409. The summed E-state index contributed by atoms with van der Waals surface area (Å²) in [6.45, 7) is 1.82. The van der Waals surface area contributed by atoms with Gasteiger partial charge in [0.05, 0.1) is 10.1 Å². The zero-order valence-electron chi connectivity index (χ0n) is 8.03. The number of hydrogen-bond acceptors (Lipinski definition) is 3. The van der Waals surface area contributed by atoms with Gasteiger partial charge in [0.15, 0.2) is 9.84 Å². The number of anilines is 1. The van der Waals surface area contributed by atoms with Crippen molar-refractivity contribution in [2.45, 2.75) is 29.9 Å². The molecule has 1 aliphatic carbocycles. The second kappa shape index (κ2) is 2.98. The lowest BCUT2D eigenvalue weighted by molar-refractivity contribution is 0.594. The normalized spacial score (nSPS) is 16.9. The van der Waals surface area contributed by atoms with E-state index in [0.717, 1.165) is 18.4 Å². The van der Waals surface area contributed by atoms with Crippen molar-refractivity contribution in [2.24, 2.45) is 0 Å². The molecule has 0 bridgehead atoms. The lowest BCUT2D eigenvalue weighted by Gasteiger charge is -2.05. The van der Waals surface area contributed by atoms with E-state index in [9.17, 15) is 8.42 Å². The van der Waals surface area contributed by atoms with E-state index in [0.29, 0.717) is 10.6 Å². The molecule has 4 heteroatoms. The highest BCUT2D eigenvalue weighted by Crippen LogP contribution is 2.34. The van der Waals surface area contributed by atoms with Gasteiger partial charge >= 0.3 is 0 Å². The maximum Gasteiger partial charge on any atom is 0.181 e. The molecule has 1 fully saturated rings. The second-order valence-electron chi connectivity index (χ2n) is 3.76. The first-order valence-electron chi connectivity index (χ1n) is 4.62. The minimum atomic E-state index is -3.06. The molecular weight excluding hydrogens is 198 g/mol. The largest absolute Gasteiger partial charge is 0.399 e. The molecule has 2 rings (SSSR count). The van der Waals surface area contributed by atoms with Gasteiger partial charge in [0, 0.05) is 5.69 Å². The van der Waals surface area contributed by atoms with Crippen molar-refractivity contribution < 1.29 is 8.42 Å².